The molecule has 328 valence electrons. The average Bonchev–Trinajstić information content (AvgIpc) is 4.10. The quantitative estimate of drug-likeness (QED) is 0.110. The van der Waals surface area contributed by atoms with Crippen LogP contribution in [0.25, 0.3) is 99.2 Å². The summed E-state index contributed by atoms with van der Waals surface area (Å²) in [7, 11) is -2.74. The van der Waals surface area contributed by atoms with Crippen LogP contribution in [0.4, 0.5) is 0 Å². The first-order valence-corrected chi connectivity index (χ1v) is 26.1. The maximum atomic E-state index is 7.06. The van der Waals surface area contributed by atoms with E-state index >= 15 is 0 Å². The van der Waals surface area contributed by atoms with Crippen molar-refractivity contribution in [2.24, 2.45) is 0 Å². The summed E-state index contributed by atoms with van der Waals surface area (Å²) in [5.41, 5.74) is 13.1. The Hall–Kier alpha value is -8.96. The molecule has 0 fully saturated rings. The Morgan fingerprint density at radius 1 is 0.271 bits per heavy atom. The lowest BCUT2D eigenvalue weighted by atomic mass is 9.97. The summed E-state index contributed by atoms with van der Waals surface area (Å²) in [4.78, 5) is 0. The lowest BCUT2D eigenvalue weighted by Crippen LogP contribution is -2.74. The molecule has 70 heavy (non-hydrogen) atoms. The summed E-state index contributed by atoms with van der Waals surface area (Å²) in [5, 5.41) is 12.5. The third-order valence-electron chi connectivity index (χ3n) is 14.6. The van der Waals surface area contributed by atoms with Crippen LogP contribution < -0.4 is 20.7 Å². The molecule has 0 amide bonds. The van der Waals surface area contributed by atoms with Crippen LogP contribution in [0.1, 0.15) is 0 Å². The lowest BCUT2D eigenvalue weighted by Gasteiger charge is -2.34. The molecule has 4 heteroatoms. The van der Waals surface area contributed by atoms with Gasteiger partial charge in [0.1, 0.15) is 5.58 Å². The van der Waals surface area contributed by atoms with Crippen LogP contribution >= 0.6 is 0 Å². The van der Waals surface area contributed by atoms with Gasteiger partial charge in [-0.15, -0.1) is 0 Å². The molecule has 14 rings (SSSR count). The van der Waals surface area contributed by atoms with Crippen molar-refractivity contribution in [3.63, 3.8) is 0 Å². The molecule has 0 aliphatic carbocycles. The SMILES string of the molecule is c1ccc([Si](c2ccccc2)(c2ccccc2)c2cccc(-c3cccc(-c4cc(-n5c6ccccc6c6ccccc65)c5oc6ccc(-n7c8ccccc8c8ccccc87)cc6c5c4)c3)c2)cc1. The van der Waals surface area contributed by atoms with E-state index in [-0.39, 0.29) is 0 Å². The van der Waals surface area contributed by atoms with Crippen molar-refractivity contribution < 1.29 is 4.42 Å². The van der Waals surface area contributed by atoms with Gasteiger partial charge in [0.15, 0.2) is 13.7 Å². The monoisotopic (exact) mass is 908 g/mol. The Labute approximate surface area is 406 Å². The number of aromatic nitrogens is 2. The number of furan rings is 1. The van der Waals surface area contributed by atoms with E-state index in [9.17, 15) is 0 Å². The van der Waals surface area contributed by atoms with E-state index in [4.69, 9.17) is 4.42 Å². The fourth-order valence-electron chi connectivity index (χ4n) is 11.6. The second-order valence-corrected chi connectivity index (χ2v) is 22.2. The number of fused-ring (bicyclic) bond motifs is 9. The topological polar surface area (TPSA) is 23.0 Å². The van der Waals surface area contributed by atoms with E-state index in [1.54, 1.807) is 0 Å². The molecule has 0 spiro atoms. The Morgan fingerprint density at radius 2 is 0.700 bits per heavy atom. The van der Waals surface area contributed by atoms with Gasteiger partial charge in [-0.3, -0.25) is 0 Å². The van der Waals surface area contributed by atoms with Crippen molar-refractivity contribution in [3.05, 3.63) is 267 Å². The van der Waals surface area contributed by atoms with Crippen LogP contribution in [0, 0.1) is 0 Å². The molecule has 0 saturated heterocycles. The van der Waals surface area contributed by atoms with E-state index in [1.807, 2.05) is 0 Å². The summed E-state index contributed by atoms with van der Waals surface area (Å²) < 4.78 is 11.9. The van der Waals surface area contributed by atoms with Gasteiger partial charge in [-0.2, -0.15) is 0 Å². The summed E-state index contributed by atoms with van der Waals surface area (Å²) >= 11 is 0. The molecule has 0 unspecified atom stereocenters. The van der Waals surface area contributed by atoms with Crippen molar-refractivity contribution in [3.8, 4) is 33.6 Å². The van der Waals surface area contributed by atoms with Crippen LogP contribution in [0.15, 0.2) is 271 Å². The predicted molar refractivity (Wildman–Crippen MR) is 297 cm³/mol. The number of hydrogen-bond donors (Lipinski definition) is 0. The third-order valence-corrected chi connectivity index (χ3v) is 19.4. The highest BCUT2D eigenvalue weighted by Gasteiger charge is 2.41. The number of rotatable bonds is 8. The maximum absolute atomic E-state index is 7.06. The van der Waals surface area contributed by atoms with Crippen molar-refractivity contribution in [2.75, 3.05) is 0 Å². The maximum Gasteiger partial charge on any atom is 0.179 e. The lowest BCUT2D eigenvalue weighted by molar-refractivity contribution is 0.666. The number of para-hydroxylation sites is 4. The van der Waals surface area contributed by atoms with Crippen LogP contribution in [-0.4, -0.2) is 17.2 Å². The second-order valence-electron chi connectivity index (χ2n) is 18.4. The molecule has 11 aromatic carbocycles. The summed E-state index contributed by atoms with van der Waals surface area (Å²) in [6.45, 7) is 0. The highest BCUT2D eigenvalue weighted by atomic mass is 28.3. The summed E-state index contributed by atoms with van der Waals surface area (Å²) in [6, 6.07) is 98.2. The smallest absolute Gasteiger partial charge is 0.179 e. The van der Waals surface area contributed by atoms with Gasteiger partial charge in [0.25, 0.3) is 0 Å². The van der Waals surface area contributed by atoms with Gasteiger partial charge >= 0.3 is 0 Å². The standard InChI is InChI=1S/C66H44N2OSi/c1-4-23-50(24-5-1)70(51-25-6-2-7-26-51,52-27-8-3-9-28-52)53-29-19-22-47(41-53)45-20-18-21-46(40-45)48-42-59-58-44-49(67-60-34-14-10-30-54(60)55-31-11-15-35-61(55)67)38-39-65(58)69-66(59)64(43-48)68-62-36-16-12-32-56(62)57-33-13-17-37-63(57)68/h1-44H. The van der Waals surface area contributed by atoms with Gasteiger partial charge in [-0.05, 0) is 104 Å². The molecular weight excluding hydrogens is 865 g/mol. The van der Waals surface area contributed by atoms with E-state index < -0.39 is 8.07 Å². The van der Waals surface area contributed by atoms with Crippen LogP contribution in [0.2, 0.25) is 0 Å². The molecule has 0 N–H and O–H groups in total. The van der Waals surface area contributed by atoms with Gasteiger partial charge in [0.05, 0.1) is 27.8 Å². The number of hydrogen-bond acceptors (Lipinski definition) is 1. The van der Waals surface area contributed by atoms with Crippen LogP contribution in [0.3, 0.4) is 0 Å². The molecule has 0 saturated carbocycles. The van der Waals surface area contributed by atoms with Gasteiger partial charge < -0.3 is 13.6 Å². The Morgan fingerprint density at radius 3 is 1.23 bits per heavy atom. The minimum absolute atomic E-state index is 0.854. The Kier molecular flexibility index (Phi) is 9.23. The molecule has 14 aromatic rings. The molecule has 3 aromatic heterocycles. The fraction of sp³-hybridized carbons (Fsp3) is 0. The first-order valence-electron chi connectivity index (χ1n) is 24.1. The zero-order valence-electron chi connectivity index (χ0n) is 38.2. The van der Waals surface area contributed by atoms with Gasteiger partial charge in [-0.25, -0.2) is 0 Å². The van der Waals surface area contributed by atoms with Crippen LogP contribution in [-0.2, 0) is 0 Å². The van der Waals surface area contributed by atoms with Gasteiger partial charge in [-0.1, -0.05) is 206 Å². The molecule has 0 atom stereocenters. The van der Waals surface area contributed by atoms with Gasteiger partial charge in [0.2, 0.25) is 0 Å². The fourth-order valence-corrected chi connectivity index (χ4v) is 16.4. The highest BCUT2D eigenvalue weighted by Crippen LogP contribution is 2.42. The molecule has 0 radical (unpaired) electrons. The molecule has 3 nitrogen and oxygen atoms in total. The summed E-state index contributed by atoms with van der Waals surface area (Å²) in [6.07, 6.45) is 0. The second kappa shape index (κ2) is 16.1. The number of benzene rings is 11. The zero-order chi connectivity index (χ0) is 46.2. The minimum atomic E-state index is -2.74. The van der Waals surface area contributed by atoms with Crippen molar-refractivity contribution >= 4 is 94.4 Å². The zero-order valence-corrected chi connectivity index (χ0v) is 39.2. The molecule has 0 aliphatic rings. The van der Waals surface area contributed by atoms with Crippen molar-refractivity contribution in [2.45, 2.75) is 0 Å². The normalized spacial score (nSPS) is 12.0. The van der Waals surface area contributed by atoms with Gasteiger partial charge in [0, 0.05) is 38.0 Å². The van der Waals surface area contributed by atoms with E-state index in [0.717, 1.165) is 55.5 Å². The largest absolute Gasteiger partial charge is 0.454 e. The Bertz CT molecular complexity index is 4090. The van der Waals surface area contributed by atoms with E-state index in [0.29, 0.717) is 0 Å². The minimum Gasteiger partial charge on any atom is -0.454 e. The molecule has 0 bridgehead atoms. The average molecular weight is 909 g/mol. The molecule has 3 heterocycles. The number of nitrogens with zero attached hydrogens (tertiary/aromatic N) is 2. The van der Waals surface area contributed by atoms with Crippen molar-refractivity contribution in [1.82, 2.24) is 9.13 Å². The van der Waals surface area contributed by atoms with E-state index in [2.05, 4.69) is 276 Å². The third kappa shape index (κ3) is 6.13. The Balaban J connectivity index is 0.993. The molecular formula is C66H44N2OSi. The summed E-state index contributed by atoms with van der Waals surface area (Å²) in [5.74, 6) is 0. The first-order chi connectivity index (χ1) is 34.7. The van der Waals surface area contributed by atoms with E-state index in [1.165, 1.54) is 64.5 Å². The predicted octanol–water partition coefficient (Wildman–Crippen LogP) is 14.5. The van der Waals surface area contributed by atoms with Crippen molar-refractivity contribution in [1.29, 1.82) is 0 Å². The highest BCUT2D eigenvalue weighted by molar-refractivity contribution is 7.19. The van der Waals surface area contributed by atoms with Crippen LogP contribution in [0.5, 0.6) is 0 Å². The molecule has 0 aliphatic heterocycles. The first kappa shape index (κ1) is 40.1.